The maximum atomic E-state index is 13.1. The van der Waals surface area contributed by atoms with Crippen molar-refractivity contribution in [2.75, 3.05) is 11.6 Å². The van der Waals surface area contributed by atoms with Crippen LogP contribution >= 0.6 is 0 Å². The summed E-state index contributed by atoms with van der Waals surface area (Å²) in [5, 5.41) is 12.2. The van der Waals surface area contributed by atoms with Crippen LogP contribution in [-0.2, 0) is 16.0 Å². The zero-order valence-electron chi connectivity index (χ0n) is 15.7. The van der Waals surface area contributed by atoms with Crippen molar-refractivity contribution in [3.63, 3.8) is 0 Å². The number of nitriles is 1. The van der Waals surface area contributed by atoms with E-state index in [-0.39, 0.29) is 16.3 Å². The van der Waals surface area contributed by atoms with Crippen molar-refractivity contribution >= 4 is 15.7 Å². The molecule has 1 unspecified atom stereocenters. The summed E-state index contributed by atoms with van der Waals surface area (Å²) in [5.74, 6) is -0.245. The maximum absolute atomic E-state index is 13.1. The minimum absolute atomic E-state index is 0.0665. The lowest BCUT2D eigenvalue weighted by molar-refractivity contribution is -0.141. The molecule has 1 N–H and O–H groups in total. The number of aromatic nitrogens is 1. The van der Waals surface area contributed by atoms with Crippen LogP contribution in [0.25, 0.3) is 0 Å². The third-order valence-corrected chi connectivity index (χ3v) is 5.45. The van der Waals surface area contributed by atoms with E-state index >= 15 is 0 Å². The summed E-state index contributed by atoms with van der Waals surface area (Å²) in [6.07, 6.45) is -3.61. The van der Waals surface area contributed by atoms with E-state index in [2.05, 4.69) is 10.3 Å². The van der Waals surface area contributed by atoms with Gasteiger partial charge in [0.15, 0.2) is 9.84 Å². The first-order valence-electron chi connectivity index (χ1n) is 8.69. The van der Waals surface area contributed by atoms with Crippen molar-refractivity contribution in [3.05, 3.63) is 89.1 Å². The maximum Gasteiger partial charge on any atom is 0.433 e. The standard InChI is InChI=1S/C21H16F3N3O2S/c1-30(28,29)17-9-5-8-15(12-17)19(14-6-3-2-4-7-14)27-20-16(13-25)10-11-18(26-20)21(22,23)24/h2-12,19H,1H3,(H,26,27). The Morgan fingerprint density at radius 1 is 1.00 bits per heavy atom. The van der Waals surface area contributed by atoms with Gasteiger partial charge in [0, 0.05) is 6.26 Å². The molecule has 0 radical (unpaired) electrons. The summed E-state index contributed by atoms with van der Waals surface area (Å²) in [6, 6.07) is 17.7. The van der Waals surface area contributed by atoms with Crippen molar-refractivity contribution in [3.8, 4) is 6.07 Å². The lowest BCUT2D eigenvalue weighted by atomic mass is 9.98. The number of alkyl halides is 3. The van der Waals surface area contributed by atoms with Gasteiger partial charge >= 0.3 is 6.18 Å². The molecule has 0 amide bonds. The number of hydrogen-bond acceptors (Lipinski definition) is 5. The Balaban J connectivity index is 2.14. The first-order chi connectivity index (χ1) is 14.1. The van der Waals surface area contributed by atoms with Gasteiger partial charge in [0.05, 0.1) is 16.5 Å². The number of rotatable bonds is 5. The normalized spacial score (nSPS) is 12.8. The number of hydrogen-bond donors (Lipinski definition) is 1. The van der Waals surface area contributed by atoms with Gasteiger partial charge in [-0.25, -0.2) is 13.4 Å². The van der Waals surface area contributed by atoms with Crippen LogP contribution in [0.5, 0.6) is 0 Å². The van der Waals surface area contributed by atoms with Crippen molar-refractivity contribution in [1.82, 2.24) is 4.98 Å². The Morgan fingerprint density at radius 3 is 2.27 bits per heavy atom. The number of pyridine rings is 1. The molecule has 30 heavy (non-hydrogen) atoms. The molecule has 2 aromatic carbocycles. The molecule has 1 aromatic heterocycles. The average Bonchev–Trinajstić information content (AvgIpc) is 2.71. The van der Waals surface area contributed by atoms with E-state index in [0.717, 1.165) is 18.4 Å². The Kier molecular flexibility index (Phi) is 5.80. The van der Waals surface area contributed by atoms with Gasteiger partial charge in [-0.15, -0.1) is 0 Å². The highest BCUT2D eigenvalue weighted by atomic mass is 32.2. The molecule has 0 fully saturated rings. The lowest BCUT2D eigenvalue weighted by Crippen LogP contribution is -2.17. The van der Waals surface area contributed by atoms with E-state index in [4.69, 9.17) is 0 Å². The fraction of sp³-hybridized carbons (Fsp3) is 0.143. The second kappa shape index (κ2) is 8.16. The molecule has 0 spiro atoms. The number of nitrogens with one attached hydrogen (secondary N) is 1. The molecular weight excluding hydrogens is 415 g/mol. The van der Waals surface area contributed by atoms with Crippen LogP contribution in [0.2, 0.25) is 0 Å². The number of nitrogens with zero attached hydrogens (tertiary/aromatic N) is 2. The van der Waals surface area contributed by atoms with E-state index in [1.54, 1.807) is 42.5 Å². The highest BCUT2D eigenvalue weighted by Crippen LogP contribution is 2.32. The predicted molar refractivity (Wildman–Crippen MR) is 105 cm³/mol. The van der Waals surface area contributed by atoms with Crippen LogP contribution in [0.4, 0.5) is 19.0 Å². The Bertz CT molecular complexity index is 1200. The lowest BCUT2D eigenvalue weighted by Gasteiger charge is -2.22. The van der Waals surface area contributed by atoms with Crippen LogP contribution in [0.1, 0.15) is 28.4 Å². The molecule has 9 heteroatoms. The molecule has 0 bridgehead atoms. The summed E-state index contributed by atoms with van der Waals surface area (Å²) >= 11 is 0. The van der Waals surface area contributed by atoms with E-state index in [1.165, 1.54) is 12.1 Å². The fourth-order valence-corrected chi connectivity index (χ4v) is 3.56. The van der Waals surface area contributed by atoms with Crippen molar-refractivity contribution in [1.29, 1.82) is 5.26 Å². The van der Waals surface area contributed by atoms with Crippen LogP contribution < -0.4 is 5.32 Å². The van der Waals surface area contributed by atoms with Crippen LogP contribution in [0.3, 0.4) is 0 Å². The predicted octanol–water partition coefficient (Wildman–Crippen LogP) is 4.58. The summed E-state index contributed by atoms with van der Waals surface area (Å²) in [4.78, 5) is 3.67. The quantitative estimate of drug-likeness (QED) is 0.640. The Labute approximate surface area is 171 Å². The molecule has 0 saturated heterocycles. The molecule has 1 heterocycles. The molecule has 0 aliphatic heterocycles. The average molecular weight is 431 g/mol. The first kappa shape index (κ1) is 21.3. The topological polar surface area (TPSA) is 82.8 Å². The largest absolute Gasteiger partial charge is 0.433 e. The van der Waals surface area contributed by atoms with Gasteiger partial charge in [0.2, 0.25) is 0 Å². The summed E-state index contributed by atoms with van der Waals surface area (Å²) in [7, 11) is -3.50. The van der Waals surface area contributed by atoms with E-state index < -0.39 is 27.7 Å². The highest BCUT2D eigenvalue weighted by Gasteiger charge is 2.33. The van der Waals surface area contributed by atoms with Crippen molar-refractivity contribution in [2.45, 2.75) is 17.1 Å². The second-order valence-corrected chi connectivity index (χ2v) is 8.55. The van der Waals surface area contributed by atoms with E-state index in [1.807, 2.05) is 6.07 Å². The summed E-state index contributed by atoms with van der Waals surface area (Å²) in [6.45, 7) is 0. The van der Waals surface area contributed by atoms with Gasteiger partial charge in [0.1, 0.15) is 17.6 Å². The smallest absolute Gasteiger partial charge is 0.358 e. The third-order valence-electron chi connectivity index (χ3n) is 4.34. The molecular formula is C21H16F3N3O2S. The van der Waals surface area contributed by atoms with Gasteiger partial charge in [-0.3, -0.25) is 0 Å². The van der Waals surface area contributed by atoms with E-state index in [9.17, 15) is 26.9 Å². The molecule has 0 aliphatic rings. The zero-order chi connectivity index (χ0) is 21.9. The van der Waals surface area contributed by atoms with Crippen LogP contribution in [-0.4, -0.2) is 19.7 Å². The molecule has 3 aromatic rings. The fourth-order valence-electron chi connectivity index (χ4n) is 2.88. The van der Waals surface area contributed by atoms with Crippen molar-refractivity contribution < 1.29 is 21.6 Å². The monoisotopic (exact) mass is 431 g/mol. The molecule has 1 atom stereocenters. The van der Waals surface area contributed by atoms with Gasteiger partial charge < -0.3 is 5.32 Å². The minimum Gasteiger partial charge on any atom is -0.358 e. The number of anilines is 1. The van der Waals surface area contributed by atoms with E-state index in [0.29, 0.717) is 11.1 Å². The third kappa shape index (κ3) is 4.78. The summed E-state index contributed by atoms with van der Waals surface area (Å²) < 4.78 is 63.3. The molecule has 0 saturated carbocycles. The summed E-state index contributed by atoms with van der Waals surface area (Å²) in [5.41, 5.74) is -0.0534. The SMILES string of the molecule is CS(=O)(=O)c1cccc(C(Nc2nc(C(F)(F)F)ccc2C#N)c2ccccc2)c1. The molecule has 3 rings (SSSR count). The van der Waals surface area contributed by atoms with Gasteiger partial charge in [-0.2, -0.15) is 18.4 Å². The first-order valence-corrected chi connectivity index (χ1v) is 10.6. The second-order valence-electron chi connectivity index (χ2n) is 6.53. The van der Waals surface area contributed by atoms with Gasteiger partial charge in [-0.1, -0.05) is 42.5 Å². The molecule has 0 aliphatic carbocycles. The highest BCUT2D eigenvalue weighted by molar-refractivity contribution is 7.90. The van der Waals surface area contributed by atoms with Gasteiger partial charge in [0.25, 0.3) is 0 Å². The molecule has 5 nitrogen and oxygen atoms in total. The Hall–Kier alpha value is -3.38. The van der Waals surface area contributed by atoms with Crippen LogP contribution in [0, 0.1) is 11.3 Å². The molecule has 154 valence electrons. The van der Waals surface area contributed by atoms with Crippen LogP contribution in [0.15, 0.2) is 71.6 Å². The number of sulfone groups is 1. The van der Waals surface area contributed by atoms with Gasteiger partial charge in [-0.05, 0) is 35.4 Å². The zero-order valence-corrected chi connectivity index (χ0v) is 16.5. The Morgan fingerprint density at radius 2 is 1.67 bits per heavy atom. The minimum atomic E-state index is -4.68. The van der Waals surface area contributed by atoms with Crippen molar-refractivity contribution in [2.24, 2.45) is 0 Å². The number of halogens is 3. The number of benzene rings is 2.